The highest BCUT2D eigenvalue weighted by atomic mass is 14.5. The van der Waals surface area contributed by atoms with E-state index in [1.807, 2.05) is 0 Å². The lowest BCUT2D eigenvalue weighted by molar-refractivity contribution is 0.320. The molecule has 0 unspecified atom stereocenters. The summed E-state index contributed by atoms with van der Waals surface area (Å²) in [6.07, 6.45) is 13.5. The summed E-state index contributed by atoms with van der Waals surface area (Å²) in [5.74, 6) is 0.459. The Morgan fingerprint density at radius 3 is 1.65 bits per heavy atom. The second kappa shape index (κ2) is 6.44. The van der Waals surface area contributed by atoms with Crippen LogP contribution in [0.5, 0.6) is 0 Å². The van der Waals surface area contributed by atoms with Crippen molar-refractivity contribution < 1.29 is 0 Å². The second-order valence-corrected chi connectivity index (χ2v) is 9.69. The highest BCUT2D eigenvalue weighted by Gasteiger charge is 2.49. The highest BCUT2D eigenvalue weighted by Crippen LogP contribution is 2.63. The minimum absolute atomic E-state index is 0.258. The summed E-state index contributed by atoms with van der Waals surface area (Å²) in [5, 5.41) is 5.44. The van der Waals surface area contributed by atoms with Gasteiger partial charge < -0.3 is 0 Å². The Balaban J connectivity index is 1.56. The van der Waals surface area contributed by atoms with Gasteiger partial charge in [0.1, 0.15) is 0 Å². The monoisotopic (exact) mass is 398 g/mol. The second-order valence-electron chi connectivity index (χ2n) is 9.69. The molecule has 0 bridgehead atoms. The fourth-order valence-corrected chi connectivity index (χ4v) is 6.84. The summed E-state index contributed by atoms with van der Waals surface area (Å²) in [6.45, 7) is 0. The van der Waals surface area contributed by atoms with E-state index in [-0.39, 0.29) is 5.41 Å². The maximum absolute atomic E-state index is 2.52. The molecule has 0 heterocycles. The lowest BCUT2D eigenvalue weighted by Gasteiger charge is -2.39. The Bertz CT molecular complexity index is 1320. The van der Waals surface area contributed by atoms with Gasteiger partial charge in [0.25, 0.3) is 0 Å². The molecule has 7 rings (SSSR count). The van der Waals surface area contributed by atoms with E-state index in [4.69, 9.17) is 0 Å². The zero-order valence-corrected chi connectivity index (χ0v) is 17.8. The van der Waals surface area contributed by atoms with Crippen molar-refractivity contribution in [3.8, 4) is 11.1 Å². The first-order chi connectivity index (χ1) is 15.3. The third-order valence-corrected chi connectivity index (χ3v) is 8.21. The standard InChI is InChI=1S/C31H26/c1-3-11-23-19-28-26(17-21(23)9-1)27-18-22-10-2-4-12-24(22)20-29(27)30(28)31(15-7-8-16-31)25-13-5-6-14-25/h1-6,9-13,17-20,30H,7-8,14-16H2. The molecule has 4 aromatic rings. The first-order valence-electron chi connectivity index (χ1n) is 11.8. The van der Waals surface area contributed by atoms with Crippen molar-refractivity contribution in [3.05, 3.63) is 108 Å². The van der Waals surface area contributed by atoms with Crippen LogP contribution in [-0.2, 0) is 0 Å². The summed E-state index contributed by atoms with van der Waals surface area (Å²) in [6, 6.07) is 27.7. The highest BCUT2D eigenvalue weighted by molar-refractivity contribution is 5.97. The lowest BCUT2D eigenvalue weighted by Crippen LogP contribution is -2.27. The van der Waals surface area contributed by atoms with Gasteiger partial charge in [0.15, 0.2) is 0 Å². The van der Waals surface area contributed by atoms with Crippen molar-refractivity contribution in [2.75, 3.05) is 0 Å². The van der Waals surface area contributed by atoms with Gasteiger partial charge in [-0.3, -0.25) is 0 Å². The topological polar surface area (TPSA) is 0 Å². The van der Waals surface area contributed by atoms with Gasteiger partial charge in [-0.15, -0.1) is 0 Å². The van der Waals surface area contributed by atoms with Crippen LogP contribution in [0.25, 0.3) is 32.7 Å². The predicted octanol–water partition coefficient (Wildman–Crippen LogP) is 8.55. The van der Waals surface area contributed by atoms with Crippen LogP contribution >= 0.6 is 0 Å². The van der Waals surface area contributed by atoms with E-state index >= 15 is 0 Å². The third-order valence-electron chi connectivity index (χ3n) is 8.21. The van der Waals surface area contributed by atoms with E-state index in [0.717, 1.165) is 6.42 Å². The SMILES string of the molecule is C1=CCC(C2(C3c4cc5ccccc5cc4-c4cc5ccccc5cc43)CCCC2)=C1. The average molecular weight is 399 g/mol. The molecule has 4 aromatic carbocycles. The number of allylic oxidation sites excluding steroid dienone is 4. The van der Waals surface area contributed by atoms with Crippen molar-refractivity contribution >= 4 is 21.5 Å². The zero-order chi connectivity index (χ0) is 20.4. The molecule has 150 valence electrons. The maximum atomic E-state index is 2.52. The van der Waals surface area contributed by atoms with Crippen LogP contribution in [0.4, 0.5) is 0 Å². The summed E-state index contributed by atoms with van der Waals surface area (Å²) in [4.78, 5) is 0. The molecule has 31 heavy (non-hydrogen) atoms. The van der Waals surface area contributed by atoms with Crippen molar-refractivity contribution in [3.63, 3.8) is 0 Å². The van der Waals surface area contributed by atoms with Crippen LogP contribution in [0.1, 0.15) is 49.1 Å². The van der Waals surface area contributed by atoms with Crippen LogP contribution in [0, 0.1) is 5.41 Å². The van der Waals surface area contributed by atoms with Gasteiger partial charge in [-0.1, -0.05) is 85.2 Å². The van der Waals surface area contributed by atoms with Gasteiger partial charge in [-0.05, 0) is 87.3 Å². The Morgan fingerprint density at radius 2 is 1.16 bits per heavy atom. The number of hydrogen-bond donors (Lipinski definition) is 0. The normalized spacial score (nSPS) is 19.2. The molecule has 0 nitrogen and oxygen atoms in total. The Kier molecular flexibility index (Phi) is 3.64. The molecule has 0 atom stereocenters. The minimum Gasteiger partial charge on any atom is -0.0804 e. The fraction of sp³-hybridized carbons (Fsp3) is 0.226. The number of hydrogen-bond acceptors (Lipinski definition) is 0. The fourth-order valence-electron chi connectivity index (χ4n) is 6.84. The van der Waals surface area contributed by atoms with E-state index in [1.54, 1.807) is 16.7 Å². The molecule has 0 aliphatic heterocycles. The molecule has 0 aromatic heterocycles. The lowest BCUT2D eigenvalue weighted by atomic mass is 9.64. The van der Waals surface area contributed by atoms with E-state index < -0.39 is 0 Å². The van der Waals surface area contributed by atoms with Crippen molar-refractivity contribution in [2.24, 2.45) is 5.41 Å². The van der Waals surface area contributed by atoms with Crippen LogP contribution in [0.3, 0.4) is 0 Å². The zero-order valence-electron chi connectivity index (χ0n) is 17.8. The molecule has 0 N–H and O–H groups in total. The molecule has 3 aliphatic carbocycles. The molecule has 1 fully saturated rings. The van der Waals surface area contributed by atoms with Crippen LogP contribution in [0.15, 0.2) is 96.6 Å². The summed E-state index contributed by atoms with van der Waals surface area (Å²) < 4.78 is 0. The average Bonchev–Trinajstić information content (AvgIpc) is 3.56. The number of fused-ring (bicyclic) bond motifs is 5. The van der Waals surface area contributed by atoms with E-state index in [1.165, 1.54) is 58.4 Å². The van der Waals surface area contributed by atoms with Crippen LogP contribution in [0.2, 0.25) is 0 Å². The quantitative estimate of drug-likeness (QED) is 0.317. The molecule has 1 saturated carbocycles. The first-order valence-corrected chi connectivity index (χ1v) is 11.8. The number of rotatable bonds is 2. The predicted molar refractivity (Wildman–Crippen MR) is 131 cm³/mol. The van der Waals surface area contributed by atoms with E-state index in [0.29, 0.717) is 5.92 Å². The Hall–Kier alpha value is -3.12. The minimum atomic E-state index is 0.258. The summed E-state index contributed by atoms with van der Waals surface area (Å²) in [5.41, 5.74) is 7.95. The maximum Gasteiger partial charge on any atom is 0.0196 e. The third kappa shape index (κ3) is 2.42. The molecule has 0 saturated heterocycles. The molecule has 0 radical (unpaired) electrons. The van der Waals surface area contributed by atoms with Gasteiger partial charge in [0.05, 0.1) is 0 Å². The van der Waals surface area contributed by atoms with Gasteiger partial charge in [0.2, 0.25) is 0 Å². The van der Waals surface area contributed by atoms with Gasteiger partial charge >= 0.3 is 0 Å². The summed E-state index contributed by atoms with van der Waals surface area (Å²) >= 11 is 0. The summed E-state index contributed by atoms with van der Waals surface area (Å²) in [7, 11) is 0. The molecule has 3 aliphatic rings. The number of benzene rings is 4. The molecule has 0 amide bonds. The first kappa shape index (κ1) is 17.5. The van der Waals surface area contributed by atoms with Crippen molar-refractivity contribution in [2.45, 2.75) is 38.0 Å². The van der Waals surface area contributed by atoms with Crippen molar-refractivity contribution in [1.82, 2.24) is 0 Å². The molecular formula is C31H26. The Labute approximate surface area is 183 Å². The van der Waals surface area contributed by atoms with Gasteiger partial charge in [-0.25, -0.2) is 0 Å². The van der Waals surface area contributed by atoms with Crippen molar-refractivity contribution in [1.29, 1.82) is 0 Å². The Morgan fingerprint density at radius 1 is 0.645 bits per heavy atom. The van der Waals surface area contributed by atoms with Crippen LogP contribution < -0.4 is 0 Å². The largest absolute Gasteiger partial charge is 0.0804 e. The smallest absolute Gasteiger partial charge is 0.0196 e. The van der Waals surface area contributed by atoms with E-state index in [2.05, 4.69) is 91.0 Å². The van der Waals surface area contributed by atoms with Crippen LogP contribution in [-0.4, -0.2) is 0 Å². The molecule has 0 spiro atoms. The molecule has 0 heteroatoms. The van der Waals surface area contributed by atoms with Gasteiger partial charge in [-0.2, -0.15) is 0 Å². The van der Waals surface area contributed by atoms with E-state index in [9.17, 15) is 0 Å². The molecular weight excluding hydrogens is 372 g/mol. The van der Waals surface area contributed by atoms with Gasteiger partial charge in [0, 0.05) is 11.3 Å².